The number of ether oxygens (including phenoxy) is 1. The lowest BCUT2D eigenvalue weighted by Gasteiger charge is -2.36. The van der Waals surface area contributed by atoms with Crippen molar-refractivity contribution < 1.29 is 14.0 Å². The van der Waals surface area contributed by atoms with Crippen LogP contribution in [0.4, 0.5) is 0 Å². The third kappa shape index (κ3) is 3.59. The van der Waals surface area contributed by atoms with E-state index in [1.807, 2.05) is 6.07 Å². The second-order valence-corrected chi connectivity index (χ2v) is 11.0. The lowest BCUT2D eigenvalue weighted by molar-refractivity contribution is 0.101. The molecule has 4 heteroatoms. The molecule has 1 aromatic carbocycles. The minimum absolute atomic E-state index is 0.0252. The predicted molar refractivity (Wildman–Crippen MR) is 80.8 cm³/mol. The monoisotopic (exact) mass is 280 g/mol. The van der Waals surface area contributed by atoms with E-state index in [9.17, 15) is 4.79 Å². The molecule has 0 atom stereocenters. The van der Waals surface area contributed by atoms with Gasteiger partial charge in [-0.2, -0.15) is 0 Å². The van der Waals surface area contributed by atoms with Gasteiger partial charge in [-0.3, -0.25) is 4.79 Å². The van der Waals surface area contributed by atoms with Gasteiger partial charge in [-0.1, -0.05) is 20.8 Å². The average molecular weight is 280 g/mol. The van der Waals surface area contributed by atoms with Crippen LogP contribution in [-0.4, -0.2) is 21.2 Å². The van der Waals surface area contributed by atoms with Crippen LogP contribution in [0.25, 0.3) is 0 Å². The topological polar surface area (TPSA) is 35.5 Å². The number of carbonyl (C=O) groups excluding carboxylic acids is 1. The molecule has 1 aromatic rings. The number of rotatable bonds is 4. The molecule has 0 N–H and O–H groups in total. The van der Waals surface area contributed by atoms with Gasteiger partial charge in [0.05, 0.1) is 7.11 Å². The van der Waals surface area contributed by atoms with Crippen LogP contribution in [0.3, 0.4) is 0 Å². The van der Waals surface area contributed by atoms with Gasteiger partial charge >= 0.3 is 0 Å². The van der Waals surface area contributed by atoms with Crippen LogP contribution in [0.2, 0.25) is 18.1 Å². The number of carbonyl (C=O) groups is 1. The van der Waals surface area contributed by atoms with E-state index in [4.69, 9.17) is 9.16 Å². The van der Waals surface area contributed by atoms with E-state index in [2.05, 4.69) is 33.9 Å². The first-order chi connectivity index (χ1) is 8.58. The molecule has 19 heavy (non-hydrogen) atoms. The van der Waals surface area contributed by atoms with Crippen molar-refractivity contribution in [2.24, 2.45) is 0 Å². The standard InChI is InChI=1S/C15H24O3Si/c1-11(16)12-8-9-13(14(10-12)17-5)18-19(6,7)15(2,3)4/h8-10H,1-7H3. The average Bonchev–Trinajstić information content (AvgIpc) is 2.27. The third-order valence-corrected chi connectivity index (χ3v) is 8.08. The van der Waals surface area contributed by atoms with Gasteiger partial charge < -0.3 is 9.16 Å². The summed E-state index contributed by atoms with van der Waals surface area (Å²) in [5, 5.41) is 0.122. The number of benzene rings is 1. The molecule has 0 amide bonds. The van der Waals surface area contributed by atoms with Gasteiger partial charge in [-0.15, -0.1) is 0 Å². The lowest BCUT2D eigenvalue weighted by atomic mass is 10.1. The maximum atomic E-state index is 11.4. The minimum atomic E-state index is -1.90. The van der Waals surface area contributed by atoms with E-state index in [1.54, 1.807) is 26.2 Å². The van der Waals surface area contributed by atoms with Crippen molar-refractivity contribution in [2.75, 3.05) is 7.11 Å². The zero-order valence-electron chi connectivity index (χ0n) is 13.0. The summed E-state index contributed by atoms with van der Waals surface area (Å²) in [6, 6.07) is 5.36. The first-order valence-electron chi connectivity index (χ1n) is 6.46. The van der Waals surface area contributed by atoms with E-state index in [-0.39, 0.29) is 10.8 Å². The Morgan fingerprint density at radius 1 is 1.16 bits per heavy atom. The number of Topliss-reactive ketones (excluding diaryl/α,β-unsaturated/α-hetero) is 1. The number of hydrogen-bond acceptors (Lipinski definition) is 3. The van der Waals surface area contributed by atoms with Crippen molar-refractivity contribution in [1.29, 1.82) is 0 Å². The molecule has 0 spiro atoms. The first-order valence-corrected chi connectivity index (χ1v) is 9.37. The summed E-state index contributed by atoms with van der Waals surface area (Å²) in [5.41, 5.74) is 0.638. The fourth-order valence-electron chi connectivity index (χ4n) is 1.40. The Morgan fingerprint density at radius 2 is 1.74 bits per heavy atom. The Kier molecular flexibility index (Phi) is 4.45. The molecule has 3 nitrogen and oxygen atoms in total. The molecule has 0 aliphatic rings. The zero-order chi connectivity index (χ0) is 14.8. The van der Waals surface area contributed by atoms with Crippen molar-refractivity contribution >= 4 is 14.1 Å². The third-order valence-electron chi connectivity index (χ3n) is 3.74. The van der Waals surface area contributed by atoms with Crippen molar-refractivity contribution in [1.82, 2.24) is 0 Å². The molecular weight excluding hydrogens is 256 g/mol. The lowest BCUT2D eigenvalue weighted by Crippen LogP contribution is -2.43. The predicted octanol–water partition coefficient (Wildman–Crippen LogP) is 4.28. The van der Waals surface area contributed by atoms with Crippen LogP contribution in [-0.2, 0) is 0 Å². The smallest absolute Gasteiger partial charge is 0.250 e. The maximum absolute atomic E-state index is 11.4. The molecule has 0 radical (unpaired) electrons. The SMILES string of the molecule is COc1cc(C(C)=O)ccc1O[Si](C)(C)C(C)(C)C. The van der Waals surface area contributed by atoms with Gasteiger partial charge in [0.2, 0.25) is 0 Å². The highest BCUT2D eigenvalue weighted by molar-refractivity contribution is 6.74. The van der Waals surface area contributed by atoms with E-state index in [0.29, 0.717) is 11.3 Å². The van der Waals surface area contributed by atoms with Gasteiger partial charge in [0.1, 0.15) is 5.75 Å². The summed E-state index contributed by atoms with van der Waals surface area (Å²) in [7, 11) is -0.308. The first kappa shape index (κ1) is 15.8. The Bertz CT molecular complexity index is 473. The van der Waals surface area contributed by atoms with Gasteiger partial charge in [0, 0.05) is 5.56 Å². The minimum Gasteiger partial charge on any atom is -0.541 e. The molecule has 0 aromatic heterocycles. The number of methoxy groups -OCH3 is 1. The summed E-state index contributed by atoms with van der Waals surface area (Å²) in [4.78, 5) is 11.4. The van der Waals surface area contributed by atoms with Gasteiger partial charge in [0.15, 0.2) is 11.5 Å². The van der Waals surface area contributed by atoms with Gasteiger partial charge in [-0.05, 0) is 43.3 Å². The second kappa shape index (κ2) is 5.37. The summed E-state index contributed by atoms with van der Waals surface area (Å²) in [6.45, 7) is 12.5. The molecule has 1 rings (SSSR count). The highest BCUT2D eigenvalue weighted by atomic mass is 28.4. The van der Waals surface area contributed by atoms with Gasteiger partial charge in [0.25, 0.3) is 8.32 Å². The molecule has 0 bridgehead atoms. The van der Waals surface area contributed by atoms with E-state index in [1.165, 1.54) is 0 Å². The van der Waals surface area contributed by atoms with Crippen molar-refractivity contribution in [3.05, 3.63) is 23.8 Å². The van der Waals surface area contributed by atoms with Crippen molar-refractivity contribution in [2.45, 2.75) is 45.8 Å². The molecule has 0 unspecified atom stereocenters. The number of hydrogen-bond donors (Lipinski definition) is 0. The van der Waals surface area contributed by atoms with Crippen LogP contribution >= 0.6 is 0 Å². The molecule has 0 saturated carbocycles. The number of ketones is 1. The maximum Gasteiger partial charge on any atom is 0.250 e. The van der Waals surface area contributed by atoms with Crippen LogP contribution in [0, 0.1) is 0 Å². The molecular formula is C15H24O3Si. The Morgan fingerprint density at radius 3 is 2.16 bits per heavy atom. The Labute approximate surface area is 117 Å². The second-order valence-electron chi connectivity index (χ2n) is 6.28. The van der Waals surface area contributed by atoms with Crippen molar-refractivity contribution in [3.8, 4) is 11.5 Å². The summed E-state index contributed by atoms with van der Waals surface area (Å²) in [6.07, 6.45) is 0. The Balaban J connectivity index is 3.12. The molecule has 0 aliphatic heterocycles. The molecule has 0 fully saturated rings. The van der Waals surface area contributed by atoms with E-state index < -0.39 is 8.32 Å². The van der Waals surface area contributed by atoms with Gasteiger partial charge in [-0.25, -0.2) is 0 Å². The summed E-state index contributed by atoms with van der Waals surface area (Å²) < 4.78 is 11.6. The fourth-order valence-corrected chi connectivity index (χ4v) is 2.42. The van der Waals surface area contributed by atoms with Crippen LogP contribution in [0.15, 0.2) is 18.2 Å². The van der Waals surface area contributed by atoms with E-state index in [0.717, 1.165) is 5.75 Å². The van der Waals surface area contributed by atoms with Crippen molar-refractivity contribution in [3.63, 3.8) is 0 Å². The van der Waals surface area contributed by atoms with Crippen LogP contribution < -0.4 is 9.16 Å². The largest absolute Gasteiger partial charge is 0.541 e. The highest BCUT2D eigenvalue weighted by Crippen LogP contribution is 2.40. The quantitative estimate of drug-likeness (QED) is 0.610. The molecule has 106 valence electrons. The molecule has 0 heterocycles. The summed E-state index contributed by atoms with van der Waals surface area (Å²) >= 11 is 0. The Hall–Kier alpha value is -1.29. The van der Waals surface area contributed by atoms with E-state index >= 15 is 0 Å². The highest BCUT2D eigenvalue weighted by Gasteiger charge is 2.39. The normalized spacial score (nSPS) is 12.2. The van der Waals surface area contributed by atoms with Crippen LogP contribution in [0.5, 0.6) is 11.5 Å². The fraction of sp³-hybridized carbons (Fsp3) is 0.533. The molecule has 0 saturated heterocycles. The molecule has 0 aliphatic carbocycles. The zero-order valence-corrected chi connectivity index (χ0v) is 14.0. The van der Waals surface area contributed by atoms with Crippen LogP contribution in [0.1, 0.15) is 38.1 Å². The summed E-state index contributed by atoms with van der Waals surface area (Å²) in [5.74, 6) is 1.37.